The van der Waals surface area contributed by atoms with Gasteiger partial charge in [-0.3, -0.25) is 9.69 Å². The standard InChI is InChI=1S/C13H27N3O2/c1-5-10(2)14-13(18)9-16-8-12(17)6-11(16)7-15(3)4/h10-12,17H,5-9H2,1-4H3,(H,14,18). The molecule has 0 bridgehead atoms. The van der Waals surface area contributed by atoms with Crippen LogP contribution in [-0.2, 0) is 4.79 Å². The van der Waals surface area contributed by atoms with Crippen molar-refractivity contribution in [3.8, 4) is 0 Å². The summed E-state index contributed by atoms with van der Waals surface area (Å²) in [6.45, 7) is 5.94. The molecule has 1 aliphatic heterocycles. The fourth-order valence-electron chi connectivity index (χ4n) is 2.37. The van der Waals surface area contributed by atoms with Crippen molar-refractivity contribution in [2.75, 3.05) is 33.7 Å². The summed E-state index contributed by atoms with van der Waals surface area (Å²) in [7, 11) is 4.03. The van der Waals surface area contributed by atoms with Gasteiger partial charge in [0.15, 0.2) is 0 Å². The van der Waals surface area contributed by atoms with E-state index in [1.54, 1.807) is 0 Å². The van der Waals surface area contributed by atoms with Crippen molar-refractivity contribution in [3.05, 3.63) is 0 Å². The van der Waals surface area contributed by atoms with Crippen LogP contribution in [0, 0.1) is 0 Å². The predicted molar refractivity (Wildman–Crippen MR) is 72.4 cm³/mol. The summed E-state index contributed by atoms with van der Waals surface area (Å²) >= 11 is 0. The first-order chi connectivity index (χ1) is 8.42. The third kappa shape index (κ3) is 4.92. The molecule has 0 aromatic heterocycles. The van der Waals surface area contributed by atoms with Gasteiger partial charge in [0, 0.05) is 25.2 Å². The van der Waals surface area contributed by atoms with Crippen molar-refractivity contribution >= 4 is 5.91 Å². The molecule has 1 fully saturated rings. The average Bonchev–Trinajstić information content (AvgIpc) is 2.57. The zero-order valence-corrected chi connectivity index (χ0v) is 12.0. The number of β-amino-alcohol motifs (C(OH)–C–C–N with tert-alkyl or cyclic N) is 1. The largest absolute Gasteiger partial charge is 0.392 e. The van der Waals surface area contributed by atoms with Crippen molar-refractivity contribution in [1.82, 2.24) is 15.1 Å². The Morgan fingerprint density at radius 1 is 1.56 bits per heavy atom. The molecule has 2 N–H and O–H groups in total. The maximum Gasteiger partial charge on any atom is 0.234 e. The number of carbonyl (C=O) groups is 1. The molecule has 0 aromatic carbocycles. The van der Waals surface area contributed by atoms with E-state index in [9.17, 15) is 9.90 Å². The molecule has 1 aliphatic rings. The summed E-state index contributed by atoms with van der Waals surface area (Å²) in [5.41, 5.74) is 0. The van der Waals surface area contributed by atoms with Crippen molar-refractivity contribution in [2.24, 2.45) is 0 Å². The quantitative estimate of drug-likeness (QED) is 0.697. The number of nitrogens with one attached hydrogen (secondary N) is 1. The third-order valence-corrected chi connectivity index (χ3v) is 3.45. The van der Waals surface area contributed by atoms with Gasteiger partial charge in [-0.25, -0.2) is 0 Å². The van der Waals surface area contributed by atoms with Crippen LogP contribution in [0.1, 0.15) is 26.7 Å². The minimum atomic E-state index is -0.300. The van der Waals surface area contributed by atoms with Crippen LogP contribution in [0.2, 0.25) is 0 Å². The molecule has 5 nitrogen and oxygen atoms in total. The van der Waals surface area contributed by atoms with Crippen LogP contribution in [-0.4, -0.2) is 72.7 Å². The Labute approximate surface area is 110 Å². The topological polar surface area (TPSA) is 55.8 Å². The number of amides is 1. The Kier molecular flexibility index (Phi) is 6.05. The fourth-order valence-corrected chi connectivity index (χ4v) is 2.37. The van der Waals surface area contributed by atoms with Gasteiger partial charge in [-0.05, 0) is 33.9 Å². The van der Waals surface area contributed by atoms with Crippen LogP contribution in [0.5, 0.6) is 0 Å². The third-order valence-electron chi connectivity index (χ3n) is 3.45. The van der Waals surface area contributed by atoms with E-state index < -0.39 is 0 Å². The first kappa shape index (κ1) is 15.4. The van der Waals surface area contributed by atoms with Gasteiger partial charge in [0.05, 0.1) is 12.6 Å². The summed E-state index contributed by atoms with van der Waals surface area (Å²) < 4.78 is 0. The molecule has 1 saturated heterocycles. The summed E-state index contributed by atoms with van der Waals surface area (Å²) in [5, 5.41) is 12.7. The van der Waals surface area contributed by atoms with E-state index in [4.69, 9.17) is 0 Å². The molecule has 3 unspecified atom stereocenters. The lowest BCUT2D eigenvalue weighted by atomic mass is 10.2. The number of carbonyl (C=O) groups excluding carboxylic acids is 1. The van der Waals surface area contributed by atoms with Gasteiger partial charge < -0.3 is 15.3 Å². The first-order valence-corrected chi connectivity index (χ1v) is 6.78. The van der Waals surface area contributed by atoms with Crippen molar-refractivity contribution in [3.63, 3.8) is 0 Å². The fraction of sp³-hybridized carbons (Fsp3) is 0.923. The zero-order valence-electron chi connectivity index (χ0n) is 12.0. The molecule has 0 spiro atoms. The number of hydrogen-bond acceptors (Lipinski definition) is 4. The molecule has 1 heterocycles. The van der Waals surface area contributed by atoms with Crippen molar-refractivity contribution in [1.29, 1.82) is 0 Å². The van der Waals surface area contributed by atoms with Crippen LogP contribution in [0.3, 0.4) is 0 Å². The van der Waals surface area contributed by atoms with Crippen LogP contribution in [0.4, 0.5) is 0 Å². The lowest BCUT2D eigenvalue weighted by Gasteiger charge is -2.26. The van der Waals surface area contributed by atoms with Crippen LogP contribution in [0.15, 0.2) is 0 Å². The van der Waals surface area contributed by atoms with Crippen molar-refractivity contribution in [2.45, 2.75) is 44.9 Å². The lowest BCUT2D eigenvalue weighted by Crippen LogP contribution is -2.45. The molecule has 0 radical (unpaired) electrons. The van der Waals surface area contributed by atoms with E-state index in [2.05, 4.69) is 22.0 Å². The van der Waals surface area contributed by atoms with E-state index in [0.29, 0.717) is 13.1 Å². The summed E-state index contributed by atoms with van der Waals surface area (Å²) in [6, 6.07) is 0.495. The second-order valence-electron chi connectivity index (χ2n) is 5.61. The highest BCUT2D eigenvalue weighted by Gasteiger charge is 2.32. The molecule has 0 aromatic rings. The SMILES string of the molecule is CCC(C)NC(=O)CN1CC(O)CC1CN(C)C. The Morgan fingerprint density at radius 2 is 2.22 bits per heavy atom. The van der Waals surface area contributed by atoms with Gasteiger partial charge in [0.1, 0.15) is 0 Å². The molecule has 0 aliphatic carbocycles. The first-order valence-electron chi connectivity index (χ1n) is 6.78. The van der Waals surface area contributed by atoms with E-state index >= 15 is 0 Å². The van der Waals surface area contributed by atoms with Crippen molar-refractivity contribution < 1.29 is 9.90 Å². The molecule has 1 amide bonds. The Bertz CT molecular complexity index is 271. The molecule has 0 saturated carbocycles. The van der Waals surface area contributed by atoms with E-state index in [0.717, 1.165) is 19.4 Å². The molecule has 106 valence electrons. The number of hydrogen-bond donors (Lipinski definition) is 2. The summed E-state index contributed by atoms with van der Waals surface area (Å²) in [4.78, 5) is 16.0. The average molecular weight is 257 g/mol. The van der Waals surface area contributed by atoms with E-state index in [1.165, 1.54) is 0 Å². The van der Waals surface area contributed by atoms with Gasteiger partial charge in [0.25, 0.3) is 0 Å². The minimum absolute atomic E-state index is 0.0576. The highest BCUT2D eigenvalue weighted by Crippen LogP contribution is 2.17. The minimum Gasteiger partial charge on any atom is -0.392 e. The van der Waals surface area contributed by atoms with Gasteiger partial charge in [-0.15, -0.1) is 0 Å². The summed E-state index contributed by atoms with van der Waals surface area (Å²) in [5.74, 6) is 0.0576. The second-order valence-corrected chi connectivity index (χ2v) is 5.61. The maximum absolute atomic E-state index is 11.9. The maximum atomic E-state index is 11.9. The molecule has 3 atom stereocenters. The summed E-state index contributed by atoms with van der Waals surface area (Å²) in [6.07, 6.45) is 1.40. The highest BCUT2D eigenvalue weighted by molar-refractivity contribution is 5.78. The smallest absolute Gasteiger partial charge is 0.234 e. The van der Waals surface area contributed by atoms with Crippen LogP contribution >= 0.6 is 0 Å². The number of likely N-dealkylation sites (tertiary alicyclic amines) is 1. The Balaban J connectivity index is 2.45. The number of aliphatic hydroxyl groups excluding tert-OH is 1. The van der Waals surface area contributed by atoms with E-state index in [1.807, 2.05) is 21.0 Å². The van der Waals surface area contributed by atoms with Crippen LogP contribution in [0.25, 0.3) is 0 Å². The molecular weight excluding hydrogens is 230 g/mol. The molecule has 1 rings (SSSR count). The molecule has 5 heteroatoms. The second kappa shape index (κ2) is 7.07. The van der Waals surface area contributed by atoms with Gasteiger partial charge in [0.2, 0.25) is 5.91 Å². The zero-order chi connectivity index (χ0) is 13.7. The number of aliphatic hydroxyl groups is 1. The predicted octanol–water partition coefficient (Wildman–Crippen LogP) is -0.102. The van der Waals surface area contributed by atoms with Gasteiger partial charge in [-0.1, -0.05) is 6.92 Å². The number of nitrogens with zero attached hydrogens (tertiary/aromatic N) is 2. The number of rotatable bonds is 6. The van der Waals surface area contributed by atoms with E-state index in [-0.39, 0.29) is 24.1 Å². The van der Waals surface area contributed by atoms with Gasteiger partial charge in [-0.2, -0.15) is 0 Å². The molecular formula is C13H27N3O2. The normalized spacial score (nSPS) is 26.6. The number of likely N-dealkylation sites (N-methyl/N-ethyl adjacent to an activating group) is 1. The molecule has 18 heavy (non-hydrogen) atoms. The Hall–Kier alpha value is -0.650. The highest BCUT2D eigenvalue weighted by atomic mass is 16.3. The van der Waals surface area contributed by atoms with Crippen LogP contribution < -0.4 is 5.32 Å². The lowest BCUT2D eigenvalue weighted by molar-refractivity contribution is -0.123. The van der Waals surface area contributed by atoms with Gasteiger partial charge >= 0.3 is 0 Å². The Morgan fingerprint density at radius 3 is 2.78 bits per heavy atom. The monoisotopic (exact) mass is 257 g/mol.